The molecule has 2 heterocycles. The standard InChI is InChI=1S/C15H29N5/c1-3-4-5-6-9-19-10-7-15(8-11-19)20-13-14(12-16-2)17-18-20/h13,15-16H,3-12H2,1-2H3. The van der Waals surface area contributed by atoms with Crippen molar-refractivity contribution in [3.8, 4) is 0 Å². The van der Waals surface area contributed by atoms with Gasteiger partial charge in [0.2, 0.25) is 0 Å². The van der Waals surface area contributed by atoms with Crippen LogP contribution >= 0.6 is 0 Å². The molecule has 0 aromatic carbocycles. The van der Waals surface area contributed by atoms with E-state index in [-0.39, 0.29) is 0 Å². The van der Waals surface area contributed by atoms with E-state index in [1.54, 1.807) is 0 Å². The van der Waals surface area contributed by atoms with Crippen molar-refractivity contribution in [1.29, 1.82) is 0 Å². The lowest BCUT2D eigenvalue weighted by Crippen LogP contribution is -2.35. The molecule has 0 radical (unpaired) electrons. The van der Waals surface area contributed by atoms with Crippen LogP contribution in [-0.2, 0) is 6.54 Å². The normalized spacial score (nSPS) is 17.7. The fraction of sp³-hybridized carbons (Fsp3) is 0.867. The highest BCUT2D eigenvalue weighted by molar-refractivity contribution is 4.93. The van der Waals surface area contributed by atoms with Crippen molar-refractivity contribution < 1.29 is 0 Å². The van der Waals surface area contributed by atoms with Crippen LogP contribution in [0.3, 0.4) is 0 Å². The summed E-state index contributed by atoms with van der Waals surface area (Å²) in [4.78, 5) is 2.61. The molecule has 0 atom stereocenters. The average molecular weight is 279 g/mol. The molecule has 0 spiro atoms. The molecule has 20 heavy (non-hydrogen) atoms. The second kappa shape index (κ2) is 8.37. The number of piperidine rings is 1. The predicted molar refractivity (Wildman–Crippen MR) is 81.6 cm³/mol. The lowest BCUT2D eigenvalue weighted by Gasteiger charge is -2.31. The summed E-state index contributed by atoms with van der Waals surface area (Å²) in [6, 6.07) is 0.542. The third-order valence-electron chi connectivity index (χ3n) is 4.17. The van der Waals surface area contributed by atoms with E-state index in [1.165, 1.54) is 58.2 Å². The molecule has 0 bridgehead atoms. The second-order valence-electron chi connectivity index (χ2n) is 5.85. The third kappa shape index (κ3) is 4.56. The van der Waals surface area contributed by atoms with Crippen LogP contribution in [0.25, 0.3) is 0 Å². The molecule has 1 aromatic rings. The summed E-state index contributed by atoms with van der Waals surface area (Å²) in [7, 11) is 1.94. The van der Waals surface area contributed by atoms with Crippen molar-refractivity contribution in [3.63, 3.8) is 0 Å². The largest absolute Gasteiger partial charge is 0.314 e. The Hall–Kier alpha value is -0.940. The van der Waals surface area contributed by atoms with E-state index in [0.717, 1.165) is 12.2 Å². The molecule has 1 aromatic heterocycles. The summed E-state index contributed by atoms with van der Waals surface area (Å²) in [5, 5.41) is 11.6. The topological polar surface area (TPSA) is 46.0 Å². The number of unbranched alkanes of at least 4 members (excludes halogenated alkanes) is 3. The Morgan fingerprint density at radius 1 is 1.25 bits per heavy atom. The van der Waals surface area contributed by atoms with Crippen LogP contribution in [-0.4, -0.2) is 46.6 Å². The van der Waals surface area contributed by atoms with E-state index >= 15 is 0 Å². The maximum atomic E-state index is 4.28. The summed E-state index contributed by atoms with van der Waals surface area (Å²) in [5.41, 5.74) is 1.04. The summed E-state index contributed by atoms with van der Waals surface area (Å²) >= 11 is 0. The maximum absolute atomic E-state index is 4.28. The number of nitrogens with zero attached hydrogens (tertiary/aromatic N) is 4. The van der Waals surface area contributed by atoms with E-state index in [9.17, 15) is 0 Å². The van der Waals surface area contributed by atoms with Crippen molar-refractivity contribution in [3.05, 3.63) is 11.9 Å². The van der Waals surface area contributed by atoms with E-state index in [1.807, 2.05) is 7.05 Å². The SMILES string of the molecule is CCCCCCN1CCC(n2cc(CNC)nn2)CC1. The molecule has 1 aliphatic rings. The van der Waals surface area contributed by atoms with Crippen molar-refractivity contribution in [2.45, 2.75) is 58.0 Å². The Balaban J connectivity index is 1.70. The first-order chi connectivity index (χ1) is 9.83. The zero-order chi connectivity index (χ0) is 14.2. The third-order valence-corrected chi connectivity index (χ3v) is 4.17. The van der Waals surface area contributed by atoms with Gasteiger partial charge in [0.25, 0.3) is 0 Å². The van der Waals surface area contributed by atoms with Crippen LogP contribution in [0.2, 0.25) is 0 Å². The van der Waals surface area contributed by atoms with Crippen molar-refractivity contribution in [1.82, 2.24) is 25.2 Å². The lowest BCUT2D eigenvalue weighted by molar-refractivity contribution is 0.176. The summed E-state index contributed by atoms with van der Waals surface area (Å²) in [5.74, 6) is 0. The minimum Gasteiger partial charge on any atom is -0.314 e. The molecule has 1 saturated heterocycles. The minimum atomic E-state index is 0.542. The molecular weight excluding hydrogens is 250 g/mol. The molecule has 5 nitrogen and oxygen atoms in total. The Morgan fingerprint density at radius 2 is 2.05 bits per heavy atom. The van der Waals surface area contributed by atoms with Crippen LogP contribution in [0.15, 0.2) is 6.20 Å². The molecule has 1 N–H and O–H groups in total. The fourth-order valence-electron chi connectivity index (χ4n) is 2.92. The van der Waals surface area contributed by atoms with Gasteiger partial charge >= 0.3 is 0 Å². The quantitative estimate of drug-likeness (QED) is 0.741. The zero-order valence-corrected chi connectivity index (χ0v) is 13.0. The highest BCUT2D eigenvalue weighted by atomic mass is 15.4. The number of nitrogens with one attached hydrogen (secondary N) is 1. The first-order valence-corrected chi connectivity index (χ1v) is 8.11. The monoisotopic (exact) mass is 279 g/mol. The van der Waals surface area contributed by atoms with Crippen LogP contribution in [0.4, 0.5) is 0 Å². The Bertz CT molecular complexity index is 368. The van der Waals surface area contributed by atoms with Crippen LogP contribution in [0.5, 0.6) is 0 Å². The van der Waals surface area contributed by atoms with Crippen molar-refractivity contribution >= 4 is 0 Å². The highest BCUT2D eigenvalue weighted by Crippen LogP contribution is 2.22. The minimum absolute atomic E-state index is 0.542. The van der Waals surface area contributed by atoms with Crippen LogP contribution < -0.4 is 5.32 Å². The summed E-state index contributed by atoms with van der Waals surface area (Å²) in [6.07, 6.45) is 9.94. The van der Waals surface area contributed by atoms with Crippen LogP contribution in [0, 0.1) is 0 Å². The van der Waals surface area contributed by atoms with Crippen LogP contribution in [0.1, 0.15) is 57.2 Å². The molecule has 0 aliphatic carbocycles. The number of likely N-dealkylation sites (tertiary alicyclic amines) is 1. The average Bonchev–Trinajstić information content (AvgIpc) is 2.93. The van der Waals surface area contributed by atoms with Crippen molar-refractivity contribution in [2.24, 2.45) is 0 Å². The van der Waals surface area contributed by atoms with Gasteiger partial charge in [0.1, 0.15) is 0 Å². The first-order valence-electron chi connectivity index (χ1n) is 8.11. The molecule has 5 heteroatoms. The number of aromatic nitrogens is 3. The molecule has 2 rings (SSSR count). The molecular formula is C15H29N5. The van der Waals surface area contributed by atoms with E-state index < -0.39 is 0 Å². The number of rotatable bonds is 8. The lowest BCUT2D eigenvalue weighted by atomic mass is 10.0. The van der Waals surface area contributed by atoms with Gasteiger partial charge in [-0.15, -0.1) is 5.10 Å². The highest BCUT2D eigenvalue weighted by Gasteiger charge is 2.21. The number of hydrogen-bond donors (Lipinski definition) is 1. The van der Waals surface area contributed by atoms with Gasteiger partial charge in [-0.2, -0.15) is 0 Å². The number of hydrogen-bond acceptors (Lipinski definition) is 4. The van der Waals surface area contributed by atoms with Gasteiger partial charge in [-0.3, -0.25) is 0 Å². The zero-order valence-electron chi connectivity index (χ0n) is 13.0. The molecule has 1 fully saturated rings. The Labute approximate surface area is 122 Å². The predicted octanol–water partition coefficient (Wildman–Crippen LogP) is 2.21. The van der Waals surface area contributed by atoms with Gasteiger partial charge in [0.05, 0.1) is 17.9 Å². The summed E-state index contributed by atoms with van der Waals surface area (Å²) < 4.78 is 2.07. The maximum Gasteiger partial charge on any atom is 0.0964 e. The Kier molecular flexibility index (Phi) is 6.47. The second-order valence-corrected chi connectivity index (χ2v) is 5.85. The van der Waals surface area contributed by atoms with E-state index in [0.29, 0.717) is 6.04 Å². The van der Waals surface area contributed by atoms with E-state index in [4.69, 9.17) is 0 Å². The molecule has 1 aliphatic heterocycles. The molecule has 0 unspecified atom stereocenters. The van der Waals surface area contributed by atoms with Gasteiger partial charge in [-0.05, 0) is 32.9 Å². The van der Waals surface area contributed by atoms with Gasteiger partial charge in [0.15, 0.2) is 0 Å². The fourth-order valence-corrected chi connectivity index (χ4v) is 2.92. The Morgan fingerprint density at radius 3 is 2.75 bits per heavy atom. The van der Waals surface area contributed by atoms with Gasteiger partial charge in [-0.25, -0.2) is 4.68 Å². The smallest absolute Gasteiger partial charge is 0.0964 e. The summed E-state index contributed by atoms with van der Waals surface area (Å²) in [6.45, 7) is 6.76. The molecule has 0 amide bonds. The van der Waals surface area contributed by atoms with E-state index in [2.05, 4.69) is 38.3 Å². The first kappa shape index (κ1) is 15.4. The molecule has 0 saturated carbocycles. The van der Waals surface area contributed by atoms with Crippen molar-refractivity contribution in [2.75, 3.05) is 26.7 Å². The van der Waals surface area contributed by atoms with Gasteiger partial charge in [-0.1, -0.05) is 31.4 Å². The van der Waals surface area contributed by atoms with Gasteiger partial charge in [0, 0.05) is 19.6 Å². The molecule has 114 valence electrons. The van der Waals surface area contributed by atoms with Gasteiger partial charge < -0.3 is 10.2 Å².